The first kappa shape index (κ1) is 16.3. The van der Waals surface area contributed by atoms with Crippen molar-refractivity contribution in [3.63, 3.8) is 0 Å². The molecule has 1 aliphatic carbocycles. The van der Waals surface area contributed by atoms with Crippen LogP contribution >= 0.6 is 0 Å². The fraction of sp³-hybridized carbons (Fsp3) is 0.500. The maximum Gasteiger partial charge on any atom is 0.289 e. The highest BCUT2D eigenvalue weighted by Crippen LogP contribution is 2.28. The summed E-state index contributed by atoms with van der Waals surface area (Å²) in [7, 11) is -3.19. The number of carbonyl (C=O) groups excluding carboxylic acids is 1. The van der Waals surface area contributed by atoms with Gasteiger partial charge in [0.1, 0.15) is 0 Å². The molecule has 4 rings (SSSR count). The molecule has 1 atom stereocenters. The molecule has 1 aliphatic heterocycles. The third kappa shape index (κ3) is 3.34. The lowest BCUT2D eigenvalue weighted by molar-refractivity contribution is 0.0632. The largest absolute Gasteiger partial charge is 0.459 e. The van der Waals surface area contributed by atoms with Gasteiger partial charge in [0, 0.05) is 19.3 Å². The number of rotatable bonds is 6. The third-order valence-electron chi connectivity index (χ3n) is 4.65. The smallest absolute Gasteiger partial charge is 0.289 e. The number of aromatic nitrogens is 2. The number of nitrogens with zero attached hydrogens (tertiary/aromatic N) is 3. The number of hydrogen-bond donors (Lipinski definition) is 1. The normalized spacial score (nSPS) is 20.5. The quantitative estimate of drug-likeness (QED) is 0.829. The molecule has 134 valence electrons. The van der Waals surface area contributed by atoms with Crippen LogP contribution in [0.1, 0.15) is 41.6 Å². The lowest BCUT2D eigenvalue weighted by Crippen LogP contribution is -2.42. The van der Waals surface area contributed by atoms with Crippen molar-refractivity contribution < 1.29 is 17.6 Å². The molecule has 1 N–H and O–H groups in total. The van der Waals surface area contributed by atoms with Crippen LogP contribution in [0, 0.1) is 0 Å². The van der Waals surface area contributed by atoms with Crippen molar-refractivity contribution in [2.45, 2.75) is 37.1 Å². The van der Waals surface area contributed by atoms with Crippen molar-refractivity contribution in [1.82, 2.24) is 19.4 Å². The molecular formula is C16H20N4O4S. The molecule has 0 unspecified atom stereocenters. The molecule has 8 nitrogen and oxygen atoms in total. The average molecular weight is 364 g/mol. The number of nitrogens with one attached hydrogen (secondary N) is 1. The molecule has 0 spiro atoms. The second-order valence-electron chi connectivity index (χ2n) is 6.51. The van der Waals surface area contributed by atoms with E-state index in [4.69, 9.17) is 4.42 Å². The number of amides is 1. The molecule has 25 heavy (non-hydrogen) atoms. The van der Waals surface area contributed by atoms with Crippen molar-refractivity contribution in [2.24, 2.45) is 0 Å². The summed E-state index contributed by atoms with van der Waals surface area (Å²) in [5.41, 5.74) is 0.932. The maximum atomic E-state index is 12.6. The third-order valence-corrected chi connectivity index (χ3v) is 6.60. The van der Waals surface area contributed by atoms with Crippen molar-refractivity contribution >= 4 is 15.9 Å². The molecule has 2 aromatic heterocycles. The van der Waals surface area contributed by atoms with E-state index in [9.17, 15) is 13.2 Å². The van der Waals surface area contributed by atoms with Gasteiger partial charge in [-0.15, -0.1) is 0 Å². The van der Waals surface area contributed by atoms with E-state index < -0.39 is 10.0 Å². The van der Waals surface area contributed by atoms with E-state index in [1.54, 1.807) is 23.2 Å². The Labute approximate surface area is 145 Å². The Hall–Kier alpha value is -2.13. The van der Waals surface area contributed by atoms with Crippen LogP contribution < -0.4 is 4.72 Å². The summed E-state index contributed by atoms with van der Waals surface area (Å²) < 4.78 is 33.7. The monoisotopic (exact) mass is 364 g/mol. The van der Waals surface area contributed by atoms with E-state index in [0.29, 0.717) is 31.8 Å². The maximum absolute atomic E-state index is 12.6. The molecule has 3 heterocycles. The molecule has 0 bridgehead atoms. The van der Waals surface area contributed by atoms with E-state index >= 15 is 0 Å². The minimum Gasteiger partial charge on any atom is -0.459 e. The van der Waals surface area contributed by atoms with Crippen LogP contribution in [-0.2, 0) is 16.6 Å². The summed E-state index contributed by atoms with van der Waals surface area (Å²) in [6, 6.07) is 5.14. The highest BCUT2D eigenvalue weighted by Gasteiger charge is 2.36. The fourth-order valence-electron chi connectivity index (χ4n) is 3.18. The Morgan fingerprint density at radius 3 is 2.92 bits per heavy atom. The van der Waals surface area contributed by atoms with Gasteiger partial charge in [0.15, 0.2) is 5.76 Å². The lowest BCUT2D eigenvalue weighted by Gasteiger charge is -2.33. The molecular weight excluding hydrogens is 344 g/mol. The van der Waals surface area contributed by atoms with Gasteiger partial charge in [-0.05, 0) is 37.5 Å². The lowest BCUT2D eigenvalue weighted by atomic mass is 10.1. The molecule has 0 aromatic carbocycles. The number of furan rings is 1. The molecule has 1 amide bonds. The SMILES string of the molecule is O=C(c1ccco1)N1Cc2ccnn2[C@@H](CCNS(=O)(=O)C2CC2)C1. The average Bonchev–Trinajstić information content (AvgIpc) is 3.13. The highest BCUT2D eigenvalue weighted by atomic mass is 32.2. The molecule has 1 saturated carbocycles. The fourth-order valence-corrected chi connectivity index (χ4v) is 4.57. The van der Waals surface area contributed by atoms with Crippen LogP contribution in [0.25, 0.3) is 0 Å². The topological polar surface area (TPSA) is 97.4 Å². The van der Waals surface area contributed by atoms with Gasteiger partial charge in [0.25, 0.3) is 5.91 Å². The van der Waals surface area contributed by atoms with Crippen molar-refractivity contribution in [1.29, 1.82) is 0 Å². The van der Waals surface area contributed by atoms with Crippen LogP contribution in [0.3, 0.4) is 0 Å². The van der Waals surface area contributed by atoms with Gasteiger partial charge >= 0.3 is 0 Å². The Bertz CT molecular complexity index is 855. The molecule has 2 aromatic rings. The number of carbonyl (C=O) groups is 1. The Morgan fingerprint density at radius 2 is 2.20 bits per heavy atom. The molecule has 1 fully saturated rings. The summed E-state index contributed by atoms with van der Waals surface area (Å²) in [6.07, 6.45) is 5.24. The minimum atomic E-state index is -3.19. The van der Waals surface area contributed by atoms with Gasteiger partial charge in [-0.2, -0.15) is 5.10 Å². The highest BCUT2D eigenvalue weighted by molar-refractivity contribution is 7.90. The van der Waals surface area contributed by atoms with Crippen LogP contribution in [0.5, 0.6) is 0 Å². The van der Waals surface area contributed by atoms with Crippen molar-refractivity contribution in [3.05, 3.63) is 42.1 Å². The predicted octanol–water partition coefficient (Wildman–Crippen LogP) is 1.15. The first-order valence-electron chi connectivity index (χ1n) is 8.38. The Kier molecular flexibility index (Phi) is 4.12. The molecule has 0 radical (unpaired) electrons. The van der Waals surface area contributed by atoms with E-state index in [-0.39, 0.29) is 17.2 Å². The standard InChI is InChI=1S/C16H20N4O4S/c21-16(15-2-1-9-24-15)19-10-12-5-7-17-20(12)13(11-19)6-8-18-25(22,23)14-3-4-14/h1-2,5,7,9,13-14,18H,3-4,6,8,10-11H2/t13-/m0/s1. The van der Waals surface area contributed by atoms with Crippen LogP contribution in [-0.4, -0.2) is 47.3 Å². The first-order valence-corrected chi connectivity index (χ1v) is 9.93. The van der Waals surface area contributed by atoms with Gasteiger partial charge < -0.3 is 9.32 Å². The van der Waals surface area contributed by atoms with E-state index in [0.717, 1.165) is 18.5 Å². The first-order chi connectivity index (χ1) is 12.0. The van der Waals surface area contributed by atoms with Crippen LogP contribution in [0.15, 0.2) is 35.1 Å². The molecule has 2 aliphatic rings. The van der Waals surface area contributed by atoms with Crippen molar-refractivity contribution in [2.75, 3.05) is 13.1 Å². The van der Waals surface area contributed by atoms with Crippen LogP contribution in [0.4, 0.5) is 0 Å². The van der Waals surface area contributed by atoms with Gasteiger partial charge in [-0.3, -0.25) is 9.48 Å². The van der Waals surface area contributed by atoms with Gasteiger partial charge in [-0.25, -0.2) is 13.1 Å². The second-order valence-corrected chi connectivity index (χ2v) is 8.56. The zero-order valence-corrected chi connectivity index (χ0v) is 14.5. The summed E-state index contributed by atoms with van der Waals surface area (Å²) in [4.78, 5) is 14.3. The zero-order valence-electron chi connectivity index (χ0n) is 13.7. The number of sulfonamides is 1. The second kappa shape index (κ2) is 6.30. The number of hydrogen-bond acceptors (Lipinski definition) is 5. The molecule has 9 heteroatoms. The van der Waals surface area contributed by atoms with Gasteiger partial charge in [0.05, 0.1) is 29.8 Å². The molecule has 0 saturated heterocycles. The van der Waals surface area contributed by atoms with E-state index in [2.05, 4.69) is 9.82 Å². The van der Waals surface area contributed by atoms with E-state index in [1.165, 1.54) is 6.26 Å². The summed E-state index contributed by atoms with van der Waals surface area (Å²) in [6.45, 7) is 1.27. The summed E-state index contributed by atoms with van der Waals surface area (Å²) >= 11 is 0. The zero-order chi connectivity index (χ0) is 17.4. The minimum absolute atomic E-state index is 0.0698. The van der Waals surface area contributed by atoms with Gasteiger partial charge in [0.2, 0.25) is 10.0 Å². The summed E-state index contributed by atoms with van der Waals surface area (Å²) in [5.74, 6) is 0.141. The Balaban J connectivity index is 1.44. The number of fused-ring (bicyclic) bond motifs is 1. The summed E-state index contributed by atoms with van der Waals surface area (Å²) in [5, 5.41) is 4.11. The van der Waals surface area contributed by atoms with Crippen molar-refractivity contribution in [3.8, 4) is 0 Å². The van der Waals surface area contributed by atoms with Crippen LogP contribution in [0.2, 0.25) is 0 Å². The van der Waals surface area contributed by atoms with E-state index in [1.807, 2.05) is 10.7 Å². The Morgan fingerprint density at radius 1 is 1.36 bits per heavy atom. The van der Waals surface area contributed by atoms with Gasteiger partial charge in [-0.1, -0.05) is 0 Å². The predicted molar refractivity (Wildman–Crippen MR) is 89.3 cm³/mol.